The largest absolute Gasteiger partial charge is 0.268 e. The van der Waals surface area contributed by atoms with Gasteiger partial charge in [-0.1, -0.05) is 6.07 Å². The second-order valence-electron chi connectivity index (χ2n) is 3.34. The molecular formula is C11H12N2S. The molecular weight excluding hydrogens is 192 g/mol. The van der Waals surface area contributed by atoms with Crippen molar-refractivity contribution < 1.29 is 0 Å². The molecule has 0 fully saturated rings. The topological polar surface area (TPSA) is 17.8 Å². The van der Waals surface area contributed by atoms with E-state index in [2.05, 4.69) is 36.8 Å². The lowest BCUT2D eigenvalue weighted by atomic mass is 10.1. The van der Waals surface area contributed by atoms with Crippen molar-refractivity contribution in [2.45, 2.75) is 11.8 Å². The van der Waals surface area contributed by atoms with Crippen LogP contribution in [0, 0.1) is 6.92 Å². The van der Waals surface area contributed by atoms with Gasteiger partial charge in [0.15, 0.2) is 0 Å². The van der Waals surface area contributed by atoms with Gasteiger partial charge in [-0.3, -0.25) is 4.68 Å². The Hall–Kier alpha value is -1.22. The number of nitrogens with zero attached hydrogens (tertiary/aromatic N) is 2. The van der Waals surface area contributed by atoms with Crippen LogP contribution in [0.1, 0.15) is 5.56 Å². The van der Waals surface area contributed by atoms with Crippen LogP contribution in [0.15, 0.2) is 35.4 Å². The minimum absolute atomic E-state index is 0.994. The molecule has 0 unspecified atom stereocenters. The molecule has 0 radical (unpaired) electrons. The fraction of sp³-hybridized carbons (Fsp3) is 0.182. The molecule has 0 aliphatic heterocycles. The molecule has 14 heavy (non-hydrogen) atoms. The second-order valence-corrected chi connectivity index (χ2v) is 3.86. The summed E-state index contributed by atoms with van der Waals surface area (Å²) in [5.41, 5.74) is 3.57. The maximum absolute atomic E-state index is 4.30. The summed E-state index contributed by atoms with van der Waals surface area (Å²) in [7, 11) is 1.95. The van der Waals surface area contributed by atoms with Crippen LogP contribution in [-0.2, 0) is 7.05 Å². The summed E-state index contributed by atoms with van der Waals surface area (Å²) in [6.45, 7) is 2.09. The summed E-state index contributed by atoms with van der Waals surface area (Å²) in [5.74, 6) is 0. The van der Waals surface area contributed by atoms with Crippen LogP contribution in [0.2, 0.25) is 0 Å². The van der Waals surface area contributed by atoms with E-state index in [4.69, 9.17) is 0 Å². The van der Waals surface area contributed by atoms with E-state index >= 15 is 0 Å². The molecule has 2 nitrogen and oxygen atoms in total. The minimum Gasteiger partial charge on any atom is -0.268 e. The quantitative estimate of drug-likeness (QED) is 0.707. The van der Waals surface area contributed by atoms with Crippen LogP contribution in [0.25, 0.3) is 11.3 Å². The van der Waals surface area contributed by atoms with Gasteiger partial charge in [0, 0.05) is 23.7 Å². The minimum atomic E-state index is 0.994. The summed E-state index contributed by atoms with van der Waals surface area (Å²) in [6.07, 6.45) is 1.81. The number of benzene rings is 1. The second kappa shape index (κ2) is 3.50. The van der Waals surface area contributed by atoms with Crippen LogP contribution in [0.4, 0.5) is 0 Å². The van der Waals surface area contributed by atoms with Gasteiger partial charge < -0.3 is 0 Å². The maximum atomic E-state index is 4.30. The Morgan fingerprint density at radius 1 is 1.29 bits per heavy atom. The van der Waals surface area contributed by atoms with Gasteiger partial charge >= 0.3 is 0 Å². The zero-order valence-corrected chi connectivity index (χ0v) is 9.12. The maximum Gasteiger partial charge on any atom is 0.0681 e. The smallest absolute Gasteiger partial charge is 0.0681 e. The van der Waals surface area contributed by atoms with Crippen molar-refractivity contribution in [1.82, 2.24) is 9.78 Å². The van der Waals surface area contributed by atoms with Crippen LogP contribution in [0.5, 0.6) is 0 Å². The van der Waals surface area contributed by atoms with Crippen molar-refractivity contribution in [2.75, 3.05) is 0 Å². The number of aromatic nitrogens is 2. The van der Waals surface area contributed by atoms with E-state index in [0.717, 1.165) is 10.6 Å². The molecule has 0 atom stereocenters. The molecule has 0 saturated carbocycles. The lowest BCUT2D eigenvalue weighted by molar-refractivity contribution is 0.775. The molecule has 72 valence electrons. The van der Waals surface area contributed by atoms with Crippen molar-refractivity contribution in [3.8, 4) is 11.3 Å². The summed E-state index contributed by atoms with van der Waals surface area (Å²) in [5, 5.41) is 4.15. The standard InChI is InChI=1S/C11H12N2S/c1-8-7-9(14)3-4-10(8)11-5-6-12-13(11)2/h3-7,14H,1-2H3. The number of aryl methyl sites for hydroxylation is 2. The zero-order chi connectivity index (χ0) is 10.1. The molecule has 3 heteroatoms. The molecule has 1 aromatic carbocycles. The lowest BCUT2D eigenvalue weighted by Gasteiger charge is -2.06. The summed E-state index contributed by atoms with van der Waals surface area (Å²) in [4.78, 5) is 0.994. The molecule has 0 aliphatic carbocycles. The van der Waals surface area contributed by atoms with Crippen molar-refractivity contribution in [3.63, 3.8) is 0 Å². The predicted octanol–water partition coefficient (Wildman–Crippen LogP) is 2.68. The third kappa shape index (κ3) is 1.55. The third-order valence-electron chi connectivity index (χ3n) is 2.31. The van der Waals surface area contributed by atoms with Crippen LogP contribution in [-0.4, -0.2) is 9.78 Å². The summed E-state index contributed by atoms with van der Waals surface area (Å²) < 4.78 is 1.88. The number of hydrogen-bond donors (Lipinski definition) is 1. The highest BCUT2D eigenvalue weighted by Gasteiger charge is 2.05. The van der Waals surface area contributed by atoms with Crippen LogP contribution in [0.3, 0.4) is 0 Å². The van der Waals surface area contributed by atoms with Crippen LogP contribution >= 0.6 is 12.6 Å². The Bertz CT molecular complexity index is 460. The van der Waals surface area contributed by atoms with Gasteiger partial charge in [0.2, 0.25) is 0 Å². The molecule has 2 aromatic rings. The number of hydrogen-bond acceptors (Lipinski definition) is 2. The first-order chi connectivity index (χ1) is 6.68. The van der Waals surface area contributed by atoms with Crippen molar-refractivity contribution >= 4 is 12.6 Å². The van der Waals surface area contributed by atoms with E-state index in [1.165, 1.54) is 11.1 Å². The van der Waals surface area contributed by atoms with E-state index in [-0.39, 0.29) is 0 Å². The first-order valence-electron chi connectivity index (χ1n) is 4.46. The van der Waals surface area contributed by atoms with Gasteiger partial charge in [0.05, 0.1) is 5.69 Å². The monoisotopic (exact) mass is 204 g/mol. The lowest BCUT2D eigenvalue weighted by Crippen LogP contribution is -1.94. The van der Waals surface area contributed by atoms with Gasteiger partial charge in [-0.2, -0.15) is 5.10 Å². The van der Waals surface area contributed by atoms with Gasteiger partial charge in [-0.25, -0.2) is 0 Å². The molecule has 0 bridgehead atoms. The third-order valence-corrected chi connectivity index (χ3v) is 2.59. The average Bonchev–Trinajstić information content (AvgIpc) is 2.52. The van der Waals surface area contributed by atoms with Crippen molar-refractivity contribution in [3.05, 3.63) is 36.0 Å². The molecule has 0 N–H and O–H groups in total. The van der Waals surface area contributed by atoms with Crippen molar-refractivity contribution in [1.29, 1.82) is 0 Å². The summed E-state index contributed by atoms with van der Waals surface area (Å²) in [6, 6.07) is 8.15. The Balaban J connectivity index is 2.58. The Morgan fingerprint density at radius 2 is 2.07 bits per heavy atom. The highest BCUT2D eigenvalue weighted by Crippen LogP contribution is 2.24. The zero-order valence-electron chi connectivity index (χ0n) is 8.23. The fourth-order valence-electron chi connectivity index (χ4n) is 1.57. The average molecular weight is 204 g/mol. The number of rotatable bonds is 1. The fourth-order valence-corrected chi connectivity index (χ4v) is 1.84. The van der Waals surface area contributed by atoms with Crippen LogP contribution < -0.4 is 0 Å². The van der Waals surface area contributed by atoms with E-state index in [0.29, 0.717) is 0 Å². The molecule has 2 rings (SSSR count). The highest BCUT2D eigenvalue weighted by atomic mass is 32.1. The van der Waals surface area contributed by atoms with Gasteiger partial charge in [-0.05, 0) is 30.7 Å². The van der Waals surface area contributed by atoms with Gasteiger partial charge in [0.25, 0.3) is 0 Å². The highest BCUT2D eigenvalue weighted by molar-refractivity contribution is 7.80. The Morgan fingerprint density at radius 3 is 2.64 bits per heavy atom. The van der Waals surface area contributed by atoms with E-state index < -0.39 is 0 Å². The predicted molar refractivity (Wildman–Crippen MR) is 60.6 cm³/mol. The number of thiol groups is 1. The molecule has 0 saturated heterocycles. The van der Waals surface area contributed by atoms with E-state index in [9.17, 15) is 0 Å². The molecule has 1 heterocycles. The molecule has 1 aromatic heterocycles. The van der Waals surface area contributed by atoms with E-state index in [1.807, 2.05) is 30.1 Å². The molecule has 0 aliphatic rings. The van der Waals surface area contributed by atoms with Gasteiger partial charge in [-0.15, -0.1) is 12.6 Å². The molecule has 0 amide bonds. The Labute approximate surface area is 89.0 Å². The summed E-state index contributed by atoms with van der Waals surface area (Å²) >= 11 is 4.30. The van der Waals surface area contributed by atoms with E-state index in [1.54, 1.807) is 0 Å². The SMILES string of the molecule is Cc1cc(S)ccc1-c1ccnn1C. The normalized spacial score (nSPS) is 10.5. The Kier molecular flexibility index (Phi) is 2.33. The first-order valence-corrected chi connectivity index (χ1v) is 4.91. The van der Waals surface area contributed by atoms with Gasteiger partial charge in [0.1, 0.15) is 0 Å². The molecule has 0 spiro atoms. The van der Waals surface area contributed by atoms with Crippen molar-refractivity contribution in [2.24, 2.45) is 7.05 Å². The first kappa shape index (κ1) is 9.34.